The molecule has 0 saturated carbocycles. The molecular formula is C11H10N2O3. The summed E-state index contributed by atoms with van der Waals surface area (Å²) in [6, 6.07) is 4.92. The number of ether oxygens (including phenoxy) is 1. The molecule has 16 heavy (non-hydrogen) atoms. The number of hydrogen-bond donors (Lipinski definition) is 0. The number of benzene rings is 1. The fraction of sp³-hybridized carbons (Fsp3) is 0.182. The van der Waals surface area contributed by atoms with Crippen LogP contribution >= 0.6 is 0 Å². The highest BCUT2D eigenvalue weighted by Crippen LogP contribution is 2.18. The molecule has 2 rings (SSSR count). The normalized spacial score (nSPS) is 10.4. The smallest absolute Gasteiger partial charge is 0.337 e. The Morgan fingerprint density at radius 2 is 2.25 bits per heavy atom. The molecule has 0 N–H and O–H groups in total. The third-order valence-electron chi connectivity index (χ3n) is 2.41. The predicted octanol–water partition coefficient (Wildman–Crippen LogP) is 1.17. The number of fused-ring (bicyclic) bond motifs is 1. The van der Waals surface area contributed by atoms with E-state index >= 15 is 0 Å². The Bertz CT molecular complexity index is 572. The second kappa shape index (κ2) is 3.77. The first-order valence-electron chi connectivity index (χ1n) is 4.67. The van der Waals surface area contributed by atoms with E-state index in [1.807, 2.05) is 0 Å². The molecule has 2 aromatic rings. The quantitative estimate of drug-likeness (QED) is 0.560. The minimum Gasteiger partial charge on any atom is -0.465 e. The first kappa shape index (κ1) is 10.4. The van der Waals surface area contributed by atoms with Gasteiger partial charge in [-0.1, -0.05) is 0 Å². The standard InChI is InChI=1S/C11H10N2O3/c1-13-10(6-14)8-5-7(11(15)16-2)3-4-9(8)12-13/h3-6H,1-2H3. The molecule has 0 amide bonds. The van der Waals surface area contributed by atoms with Crippen molar-refractivity contribution in [3.8, 4) is 0 Å². The Morgan fingerprint density at radius 3 is 2.88 bits per heavy atom. The summed E-state index contributed by atoms with van der Waals surface area (Å²) in [5.74, 6) is -0.428. The molecule has 0 radical (unpaired) electrons. The summed E-state index contributed by atoms with van der Waals surface area (Å²) < 4.78 is 6.10. The van der Waals surface area contributed by atoms with Gasteiger partial charge in [0.2, 0.25) is 0 Å². The molecule has 0 spiro atoms. The molecule has 0 aliphatic rings. The molecule has 5 nitrogen and oxygen atoms in total. The maximum atomic E-state index is 11.3. The SMILES string of the molecule is COC(=O)c1ccc2nn(C)c(C=O)c2c1. The van der Waals surface area contributed by atoms with Crippen LogP contribution in [0.4, 0.5) is 0 Å². The van der Waals surface area contributed by atoms with Crippen molar-refractivity contribution >= 4 is 23.2 Å². The van der Waals surface area contributed by atoms with Gasteiger partial charge >= 0.3 is 5.97 Å². The molecule has 0 aliphatic heterocycles. The summed E-state index contributed by atoms with van der Waals surface area (Å²) in [6.45, 7) is 0. The van der Waals surface area contributed by atoms with Gasteiger partial charge in [-0.2, -0.15) is 5.10 Å². The third kappa shape index (κ3) is 1.46. The average molecular weight is 218 g/mol. The van der Waals surface area contributed by atoms with Gasteiger partial charge in [0, 0.05) is 12.4 Å². The number of carbonyl (C=O) groups is 2. The zero-order valence-corrected chi connectivity index (χ0v) is 8.93. The molecule has 5 heteroatoms. The monoisotopic (exact) mass is 218 g/mol. The van der Waals surface area contributed by atoms with Gasteiger partial charge in [-0.05, 0) is 18.2 Å². The minimum absolute atomic E-state index is 0.408. The lowest BCUT2D eigenvalue weighted by atomic mass is 10.1. The second-order valence-corrected chi connectivity index (χ2v) is 3.35. The maximum absolute atomic E-state index is 11.3. The van der Waals surface area contributed by atoms with E-state index in [-0.39, 0.29) is 0 Å². The Balaban J connectivity index is 2.68. The summed E-state index contributed by atoms with van der Waals surface area (Å²) in [5.41, 5.74) is 1.53. The van der Waals surface area contributed by atoms with Crippen LogP contribution in [0.25, 0.3) is 10.9 Å². The molecule has 0 saturated heterocycles. The van der Waals surface area contributed by atoms with Crippen LogP contribution in [0, 0.1) is 0 Å². The molecular weight excluding hydrogens is 208 g/mol. The molecule has 1 aromatic carbocycles. The average Bonchev–Trinajstić information content (AvgIpc) is 2.62. The molecule has 1 heterocycles. The van der Waals surface area contributed by atoms with Gasteiger partial charge in [0.25, 0.3) is 0 Å². The number of aryl methyl sites for hydroxylation is 1. The summed E-state index contributed by atoms with van der Waals surface area (Å²) >= 11 is 0. The van der Waals surface area contributed by atoms with Crippen LogP contribution in [0.3, 0.4) is 0 Å². The van der Waals surface area contributed by atoms with Crippen LogP contribution in [0.2, 0.25) is 0 Å². The number of nitrogens with zero attached hydrogens (tertiary/aromatic N) is 2. The van der Waals surface area contributed by atoms with Crippen molar-refractivity contribution in [2.24, 2.45) is 7.05 Å². The highest BCUT2D eigenvalue weighted by atomic mass is 16.5. The van der Waals surface area contributed by atoms with Crippen molar-refractivity contribution in [3.05, 3.63) is 29.5 Å². The van der Waals surface area contributed by atoms with Gasteiger partial charge in [-0.15, -0.1) is 0 Å². The van der Waals surface area contributed by atoms with E-state index in [0.717, 1.165) is 6.29 Å². The number of carbonyl (C=O) groups excluding carboxylic acids is 2. The van der Waals surface area contributed by atoms with Crippen molar-refractivity contribution < 1.29 is 14.3 Å². The number of esters is 1. The lowest BCUT2D eigenvalue weighted by molar-refractivity contribution is 0.0601. The predicted molar refractivity (Wildman–Crippen MR) is 57.4 cm³/mol. The lowest BCUT2D eigenvalue weighted by Gasteiger charge is -1.98. The number of rotatable bonds is 2. The number of aromatic nitrogens is 2. The fourth-order valence-corrected chi connectivity index (χ4v) is 1.60. The number of methoxy groups -OCH3 is 1. The fourth-order valence-electron chi connectivity index (χ4n) is 1.60. The molecule has 0 fully saturated rings. The number of aldehydes is 1. The molecule has 0 bridgehead atoms. The molecule has 0 atom stereocenters. The zero-order valence-electron chi connectivity index (χ0n) is 8.93. The first-order valence-corrected chi connectivity index (χ1v) is 4.67. The van der Waals surface area contributed by atoms with E-state index in [4.69, 9.17) is 0 Å². The van der Waals surface area contributed by atoms with E-state index in [9.17, 15) is 9.59 Å². The van der Waals surface area contributed by atoms with Gasteiger partial charge in [-0.25, -0.2) is 4.79 Å². The van der Waals surface area contributed by atoms with Crippen molar-refractivity contribution in [1.29, 1.82) is 0 Å². The van der Waals surface area contributed by atoms with Gasteiger partial charge in [0.15, 0.2) is 6.29 Å². The van der Waals surface area contributed by atoms with Crippen molar-refractivity contribution in [2.45, 2.75) is 0 Å². The van der Waals surface area contributed by atoms with Crippen LogP contribution in [0.15, 0.2) is 18.2 Å². The first-order chi connectivity index (χ1) is 7.67. The van der Waals surface area contributed by atoms with Gasteiger partial charge in [0.1, 0.15) is 5.69 Å². The Hall–Kier alpha value is -2.17. The van der Waals surface area contributed by atoms with Gasteiger partial charge in [0.05, 0.1) is 18.2 Å². The Morgan fingerprint density at radius 1 is 1.50 bits per heavy atom. The lowest BCUT2D eigenvalue weighted by Crippen LogP contribution is -2.00. The summed E-state index contributed by atoms with van der Waals surface area (Å²) in [7, 11) is 3.00. The zero-order chi connectivity index (χ0) is 11.7. The van der Waals surface area contributed by atoms with Crippen LogP contribution in [0.5, 0.6) is 0 Å². The summed E-state index contributed by atoms with van der Waals surface area (Å²) in [4.78, 5) is 22.2. The summed E-state index contributed by atoms with van der Waals surface area (Å²) in [6.07, 6.45) is 0.719. The van der Waals surface area contributed by atoms with Crippen LogP contribution in [-0.2, 0) is 11.8 Å². The highest BCUT2D eigenvalue weighted by molar-refractivity contribution is 6.00. The largest absolute Gasteiger partial charge is 0.465 e. The molecule has 1 aromatic heterocycles. The minimum atomic E-state index is -0.428. The van der Waals surface area contributed by atoms with Gasteiger partial charge < -0.3 is 4.74 Å². The molecule has 82 valence electrons. The number of hydrogen-bond acceptors (Lipinski definition) is 4. The van der Waals surface area contributed by atoms with E-state index < -0.39 is 5.97 Å². The van der Waals surface area contributed by atoms with Crippen LogP contribution in [-0.4, -0.2) is 29.1 Å². The molecule has 0 aliphatic carbocycles. The van der Waals surface area contributed by atoms with E-state index in [1.165, 1.54) is 11.8 Å². The van der Waals surface area contributed by atoms with Crippen molar-refractivity contribution in [2.75, 3.05) is 7.11 Å². The Labute approximate surface area is 91.6 Å². The Kier molecular flexibility index (Phi) is 2.44. The van der Waals surface area contributed by atoms with E-state index in [0.29, 0.717) is 22.2 Å². The summed E-state index contributed by atoms with van der Waals surface area (Å²) in [5, 5.41) is 4.80. The van der Waals surface area contributed by atoms with Crippen LogP contribution in [0.1, 0.15) is 20.8 Å². The maximum Gasteiger partial charge on any atom is 0.337 e. The van der Waals surface area contributed by atoms with Crippen molar-refractivity contribution in [1.82, 2.24) is 9.78 Å². The van der Waals surface area contributed by atoms with E-state index in [2.05, 4.69) is 9.84 Å². The topological polar surface area (TPSA) is 61.2 Å². The molecule has 0 unspecified atom stereocenters. The van der Waals surface area contributed by atoms with Gasteiger partial charge in [-0.3, -0.25) is 9.48 Å². The second-order valence-electron chi connectivity index (χ2n) is 3.35. The highest BCUT2D eigenvalue weighted by Gasteiger charge is 2.11. The van der Waals surface area contributed by atoms with Crippen molar-refractivity contribution in [3.63, 3.8) is 0 Å². The van der Waals surface area contributed by atoms with E-state index in [1.54, 1.807) is 25.2 Å². The third-order valence-corrected chi connectivity index (χ3v) is 2.41. The van der Waals surface area contributed by atoms with Crippen LogP contribution < -0.4 is 0 Å².